The van der Waals surface area contributed by atoms with Gasteiger partial charge >= 0.3 is 0 Å². The predicted octanol–water partition coefficient (Wildman–Crippen LogP) is 3.01. The molecule has 4 rings (SSSR count). The summed E-state index contributed by atoms with van der Waals surface area (Å²) in [6, 6.07) is 15.2. The van der Waals surface area contributed by atoms with Gasteiger partial charge in [0.25, 0.3) is 0 Å². The van der Waals surface area contributed by atoms with Crippen molar-refractivity contribution in [1.82, 2.24) is 14.6 Å². The summed E-state index contributed by atoms with van der Waals surface area (Å²) in [4.78, 5) is 0. The van der Waals surface area contributed by atoms with Crippen LogP contribution in [0.25, 0.3) is 28.2 Å². The first kappa shape index (κ1) is 10.8. The third-order valence-electron chi connectivity index (χ3n) is 3.18. The Morgan fingerprint density at radius 2 is 2.00 bits per heavy atom. The van der Waals surface area contributed by atoms with Crippen LogP contribution in [-0.4, -0.2) is 14.6 Å². The van der Waals surface area contributed by atoms with Gasteiger partial charge in [-0.3, -0.25) is 4.40 Å². The SMILES string of the molecule is N#Cc1ccn2c(-c3cc4ccccc4o3)nnc2c1. The van der Waals surface area contributed by atoms with Crippen molar-refractivity contribution < 1.29 is 4.42 Å². The topological polar surface area (TPSA) is 67.1 Å². The normalized spacial score (nSPS) is 10.9. The smallest absolute Gasteiger partial charge is 0.204 e. The van der Waals surface area contributed by atoms with Crippen LogP contribution in [0.2, 0.25) is 0 Å². The first-order chi connectivity index (χ1) is 9.85. The van der Waals surface area contributed by atoms with Crippen LogP contribution in [0.1, 0.15) is 5.56 Å². The largest absolute Gasteiger partial charge is 0.453 e. The molecular weight excluding hydrogens is 252 g/mol. The zero-order chi connectivity index (χ0) is 13.5. The molecule has 3 aromatic heterocycles. The number of pyridine rings is 1. The van der Waals surface area contributed by atoms with Crippen LogP contribution in [0.15, 0.2) is 53.1 Å². The monoisotopic (exact) mass is 260 g/mol. The number of aromatic nitrogens is 3. The van der Waals surface area contributed by atoms with Crippen molar-refractivity contribution in [1.29, 1.82) is 5.26 Å². The van der Waals surface area contributed by atoms with E-state index < -0.39 is 0 Å². The molecule has 0 atom stereocenters. The van der Waals surface area contributed by atoms with Crippen molar-refractivity contribution in [2.45, 2.75) is 0 Å². The summed E-state index contributed by atoms with van der Waals surface area (Å²) in [7, 11) is 0. The summed E-state index contributed by atoms with van der Waals surface area (Å²) >= 11 is 0. The molecule has 0 N–H and O–H groups in total. The number of fused-ring (bicyclic) bond motifs is 2. The molecule has 0 aliphatic heterocycles. The Hall–Kier alpha value is -3.13. The second-order valence-electron chi connectivity index (χ2n) is 4.43. The van der Waals surface area contributed by atoms with E-state index in [-0.39, 0.29) is 0 Å². The van der Waals surface area contributed by atoms with Crippen molar-refractivity contribution in [3.63, 3.8) is 0 Å². The minimum absolute atomic E-state index is 0.557. The first-order valence-electron chi connectivity index (χ1n) is 6.09. The van der Waals surface area contributed by atoms with Crippen LogP contribution in [0.3, 0.4) is 0 Å². The Labute approximate surface area is 113 Å². The summed E-state index contributed by atoms with van der Waals surface area (Å²) in [5, 5.41) is 18.1. The van der Waals surface area contributed by atoms with Gasteiger partial charge in [-0.15, -0.1) is 10.2 Å². The molecule has 0 bridgehead atoms. The van der Waals surface area contributed by atoms with Gasteiger partial charge in [-0.2, -0.15) is 5.26 Å². The van der Waals surface area contributed by atoms with Gasteiger partial charge in [0, 0.05) is 17.6 Å². The minimum atomic E-state index is 0.557. The van der Waals surface area contributed by atoms with Crippen molar-refractivity contribution in [2.24, 2.45) is 0 Å². The van der Waals surface area contributed by atoms with E-state index in [2.05, 4.69) is 16.3 Å². The second kappa shape index (κ2) is 3.93. The lowest BCUT2D eigenvalue weighted by molar-refractivity contribution is 0.624. The summed E-state index contributed by atoms with van der Waals surface area (Å²) in [6.45, 7) is 0. The van der Waals surface area contributed by atoms with E-state index in [9.17, 15) is 0 Å². The van der Waals surface area contributed by atoms with E-state index in [1.54, 1.807) is 22.7 Å². The highest BCUT2D eigenvalue weighted by Gasteiger charge is 2.13. The number of nitriles is 1. The summed E-state index contributed by atoms with van der Waals surface area (Å²) < 4.78 is 7.59. The van der Waals surface area contributed by atoms with Crippen LogP contribution < -0.4 is 0 Å². The Bertz CT molecular complexity index is 941. The van der Waals surface area contributed by atoms with Gasteiger partial charge in [0.05, 0.1) is 11.6 Å². The molecule has 0 radical (unpaired) electrons. The van der Waals surface area contributed by atoms with Gasteiger partial charge in [-0.1, -0.05) is 18.2 Å². The lowest BCUT2D eigenvalue weighted by atomic mass is 10.2. The Morgan fingerprint density at radius 3 is 2.85 bits per heavy atom. The van der Waals surface area contributed by atoms with Crippen molar-refractivity contribution in [3.05, 3.63) is 54.2 Å². The van der Waals surface area contributed by atoms with E-state index in [1.807, 2.05) is 30.3 Å². The summed E-state index contributed by atoms with van der Waals surface area (Å²) in [6.07, 6.45) is 1.77. The summed E-state index contributed by atoms with van der Waals surface area (Å²) in [5.74, 6) is 1.28. The van der Waals surface area contributed by atoms with Gasteiger partial charge in [-0.05, 0) is 18.2 Å². The van der Waals surface area contributed by atoms with E-state index >= 15 is 0 Å². The van der Waals surface area contributed by atoms with Crippen molar-refractivity contribution >= 4 is 16.6 Å². The van der Waals surface area contributed by atoms with E-state index in [0.29, 0.717) is 22.8 Å². The number of benzene rings is 1. The van der Waals surface area contributed by atoms with Gasteiger partial charge < -0.3 is 4.42 Å². The molecule has 0 unspecified atom stereocenters. The van der Waals surface area contributed by atoms with Gasteiger partial charge in [-0.25, -0.2) is 0 Å². The van der Waals surface area contributed by atoms with E-state index in [4.69, 9.17) is 9.68 Å². The second-order valence-corrected chi connectivity index (χ2v) is 4.43. The van der Waals surface area contributed by atoms with Crippen molar-refractivity contribution in [2.75, 3.05) is 0 Å². The number of furan rings is 1. The third kappa shape index (κ3) is 1.49. The maximum Gasteiger partial charge on any atom is 0.204 e. The average molecular weight is 260 g/mol. The average Bonchev–Trinajstić information content (AvgIpc) is 3.09. The minimum Gasteiger partial charge on any atom is -0.453 e. The fourth-order valence-electron chi connectivity index (χ4n) is 2.22. The predicted molar refractivity (Wildman–Crippen MR) is 72.9 cm³/mol. The highest BCUT2D eigenvalue weighted by Crippen LogP contribution is 2.26. The molecular formula is C15H8N4O. The highest BCUT2D eigenvalue weighted by atomic mass is 16.3. The lowest BCUT2D eigenvalue weighted by Gasteiger charge is -1.96. The number of hydrogen-bond donors (Lipinski definition) is 0. The molecule has 5 heteroatoms. The molecule has 4 aromatic rings. The fraction of sp³-hybridized carbons (Fsp3) is 0. The molecule has 0 amide bonds. The van der Waals surface area contributed by atoms with E-state index in [1.165, 1.54) is 0 Å². The number of para-hydroxylation sites is 1. The standard InChI is InChI=1S/C15H8N4O/c16-9-10-5-6-19-14(7-10)17-18-15(19)13-8-11-3-1-2-4-12(11)20-13/h1-8H. The molecule has 94 valence electrons. The highest BCUT2D eigenvalue weighted by molar-refractivity contribution is 5.81. The van der Waals surface area contributed by atoms with Crippen LogP contribution >= 0.6 is 0 Å². The molecule has 20 heavy (non-hydrogen) atoms. The lowest BCUT2D eigenvalue weighted by Crippen LogP contribution is -1.88. The molecule has 0 spiro atoms. The zero-order valence-corrected chi connectivity index (χ0v) is 10.3. The number of nitrogens with zero attached hydrogens (tertiary/aromatic N) is 4. The van der Waals surface area contributed by atoms with Crippen LogP contribution in [-0.2, 0) is 0 Å². The molecule has 1 aromatic carbocycles. The molecule has 0 aliphatic carbocycles. The molecule has 5 nitrogen and oxygen atoms in total. The number of hydrogen-bond acceptors (Lipinski definition) is 4. The quantitative estimate of drug-likeness (QED) is 0.527. The molecule has 0 fully saturated rings. The molecule has 3 heterocycles. The Morgan fingerprint density at radius 1 is 1.10 bits per heavy atom. The van der Waals surface area contributed by atoms with Gasteiger partial charge in [0.2, 0.25) is 5.82 Å². The maximum absolute atomic E-state index is 8.89. The van der Waals surface area contributed by atoms with Gasteiger partial charge in [0.15, 0.2) is 11.4 Å². The molecule has 0 aliphatic rings. The Balaban J connectivity index is 1.95. The fourth-order valence-corrected chi connectivity index (χ4v) is 2.22. The Kier molecular flexibility index (Phi) is 2.12. The summed E-state index contributed by atoms with van der Waals surface area (Å²) in [5.41, 5.74) is 1.99. The molecule has 0 saturated carbocycles. The third-order valence-corrected chi connectivity index (χ3v) is 3.18. The van der Waals surface area contributed by atoms with Crippen molar-refractivity contribution in [3.8, 4) is 17.7 Å². The van der Waals surface area contributed by atoms with Crippen LogP contribution in [0, 0.1) is 11.3 Å². The first-order valence-corrected chi connectivity index (χ1v) is 6.09. The number of rotatable bonds is 1. The van der Waals surface area contributed by atoms with Gasteiger partial charge in [0.1, 0.15) is 5.58 Å². The zero-order valence-electron chi connectivity index (χ0n) is 10.3. The molecule has 0 saturated heterocycles. The van der Waals surface area contributed by atoms with Crippen LogP contribution in [0.5, 0.6) is 0 Å². The maximum atomic E-state index is 8.89. The van der Waals surface area contributed by atoms with Crippen LogP contribution in [0.4, 0.5) is 0 Å². The van der Waals surface area contributed by atoms with E-state index in [0.717, 1.165) is 11.0 Å².